The number of hydrogen-bond acceptors (Lipinski definition) is 10. The highest BCUT2D eigenvalue weighted by Crippen LogP contribution is 2.23. The maximum Gasteiger partial charge on any atom is 0.269 e. The molecule has 3 atom stereocenters. The number of ketones is 1. The van der Waals surface area contributed by atoms with Crippen molar-refractivity contribution in [3.63, 3.8) is 0 Å². The molecule has 0 bridgehead atoms. The number of nitro groups is 1. The third kappa shape index (κ3) is 18.6. The molecule has 0 amide bonds. The van der Waals surface area contributed by atoms with Gasteiger partial charge in [0.25, 0.3) is 5.69 Å². The van der Waals surface area contributed by atoms with Gasteiger partial charge < -0.3 is 24.0 Å². The largest absolute Gasteiger partial charge is 0.494 e. The van der Waals surface area contributed by atoms with Crippen LogP contribution in [0.1, 0.15) is 121 Å². The smallest absolute Gasteiger partial charge is 0.269 e. The Morgan fingerprint density at radius 3 is 1.69 bits per heavy atom. The summed E-state index contributed by atoms with van der Waals surface area (Å²) in [5.74, 6) is 4.29. The number of Topliss-reactive ketones (excluding diaryl/α,β-unsaturated/α-hetero) is 1. The number of ether oxygens (including phenoxy) is 3. The summed E-state index contributed by atoms with van der Waals surface area (Å²) in [6.45, 7) is 21.5. The van der Waals surface area contributed by atoms with Gasteiger partial charge in [0.1, 0.15) is 17.2 Å². The first-order chi connectivity index (χ1) is 29.5. The zero-order valence-electron chi connectivity index (χ0n) is 37.8. The number of non-ortho nitro benzene ring substituents is 1. The van der Waals surface area contributed by atoms with E-state index in [0.717, 1.165) is 81.0 Å². The molecule has 3 aromatic carbocycles. The highest BCUT2D eigenvalue weighted by Gasteiger charge is 2.24. The minimum Gasteiger partial charge on any atom is -0.494 e. The molecule has 11 nitrogen and oxygen atoms in total. The van der Waals surface area contributed by atoms with E-state index < -0.39 is 4.92 Å². The maximum atomic E-state index is 11.5. The predicted molar refractivity (Wildman–Crippen MR) is 245 cm³/mol. The van der Waals surface area contributed by atoms with E-state index in [-0.39, 0.29) is 11.5 Å². The highest BCUT2D eigenvalue weighted by molar-refractivity contribution is 5.95. The quantitative estimate of drug-likeness (QED) is 0.0530. The number of likely N-dealkylation sites (tertiary alicyclic amines) is 3. The minimum atomic E-state index is -0.402. The molecule has 3 fully saturated rings. The topological polar surface area (TPSA) is 121 Å². The monoisotopic (exact) mass is 840 g/mol. The Balaban J connectivity index is 0.000000202. The first-order valence-electron chi connectivity index (χ1n) is 23.0. The summed E-state index contributed by atoms with van der Waals surface area (Å²) in [5, 5.41) is 19.3. The molecule has 334 valence electrons. The van der Waals surface area contributed by atoms with Crippen molar-refractivity contribution < 1.29 is 23.9 Å². The van der Waals surface area contributed by atoms with Crippen LogP contribution in [0.3, 0.4) is 0 Å². The van der Waals surface area contributed by atoms with Crippen LogP contribution in [0, 0.1) is 33.3 Å². The number of benzene rings is 3. The van der Waals surface area contributed by atoms with Crippen LogP contribution in [0.4, 0.5) is 5.69 Å². The molecule has 3 saturated heterocycles. The standard InChI is InChI=1S/C18H27NO2.C17H24N2O.C15H22N2O3/c1-3-18(20)16-7-9-17(10-8-16)21-13-5-12-19-11-4-6-15(2)14-19;1-14-5-3-6-15(2)19(14)11-4-12-20-17-9-7-16(13-18)8-10-17;1-13-7-10-16(11-8-13)9-2-12-20-15-5-3-14(4-6-15)17(18)19/h7-10,15H,3-6,11-14H2,1-2H3;7-10,14-15H,3-6,11-12H2,1-2H3;3-6,13H,2,7-12H2,1H3. The second-order valence-electron chi connectivity index (χ2n) is 17.2. The van der Waals surface area contributed by atoms with Gasteiger partial charge in [-0.1, -0.05) is 27.2 Å². The van der Waals surface area contributed by atoms with E-state index in [1.165, 1.54) is 83.3 Å². The van der Waals surface area contributed by atoms with Crippen molar-refractivity contribution in [2.45, 2.75) is 117 Å². The number of piperidine rings is 3. The van der Waals surface area contributed by atoms with E-state index in [1.54, 1.807) is 24.3 Å². The van der Waals surface area contributed by atoms with Crippen molar-refractivity contribution in [2.24, 2.45) is 11.8 Å². The van der Waals surface area contributed by atoms with E-state index in [4.69, 9.17) is 19.5 Å². The average Bonchev–Trinajstić information content (AvgIpc) is 3.27. The summed E-state index contributed by atoms with van der Waals surface area (Å²) in [6, 6.07) is 24.6. The van der Waals surface area contributed by atoms with Gasteiger partial charge in [0.15, 0.2) is 5.78 Å². The van der Waals surface area contributed by atoms with Gasteiger partial charge in [-0.2, -0.15) is 5.26 Å². The third-order valence-electron chi connectivity index (χ3n) is 12.1. The lowest BCUT2D eigenvalue weighted by Gasteiger charge is -2.39. The Labute approximate surface area is 366 Å². The lowest BCUT2D eigenvalue weighted by atomic mass is 9.97. The lowest BCUT2D eigenvalue weighted by Crippen LogP contribution is -2.44. The Bertz CT molecular complexity index is 1710. The zero-order chi connectivity index (χ0) is 43.8. The molecule has 61 heavy (non-hydrogen) atoms. The SMILES string of the molecule is CC1CCCC(C)N1CCCOc1ccc(C#N)cc1.CC1CCN(CCCOc2ccc([N+](=O)[O-])cc2)CC1.CCC(=O)c1ccc(OCCCN2CCCC(C)C2)cc1. The van der Waals surface area contributed by atoms with Gasteiger partial charge in [0.2, 0.25) is 0 Å². The summed E-state index contributed by atoms with van der Waals surface area (Å²) < 4.78 is 17.1. The fraction of sp³-hybridized carbons (Fsp3) is 0.600. The summed E-state index contributed by atoms with van der Waals surface area (Å²) >= 11 is 0. The van der Waals surface area contributed by atoms with Gasteiger partial charge >= 0.3 is 0 Å². The van der Waals surface area contributed by atoms with Gasteiger partial charge in [-0.15, -0.1) is 0 Å². The van der Waals surface area contributed by atoms with Crippen molar-refractivity contribution in [3.05, 3.63) is 94.0 Å². The van der Waals surface area contributed by atoms with Crippen molar-refractivity contribution in [2.75, 3.05) is 65.6 Å². The summed E-state index contributed by atoms with van der Waals surface area (Å²) in [5.41, 5.74) is 1.54. The second-order valence-corrected chi connectivity index (χ2v) is 17.2. The molecule has 3 unspecified atom stereocenters. The maximum absolute atomic E-state index is 11.5. The lowest BCUT2D eigenvalue weighted by molar-refractivity contribution is -0.384. The molecular formula is C50H73N5O6. The van der Waals surface area contributed by atoms with Crippen LogP contribution in [0.2, 0.25) is 0 Å². The van der Waals surface area contributed by atoms with Crippen LogP contribution in [0.25, 0.3) is 0 Å². The molecule has 0 saturated carbocycles. The van der Waals surface area contributed by atoms with Crippen molar-refractivity contribution in [1.29, 1.82) is 5.26 Å². The van der Waals surface area contributed by atoms with Crippen LogP contribution >= 0.6 is 0 Å². The van der Waals surface area contributed by atoms with Crippen LogP contribution < -0.4 is 14.2 Å². The highest BCUT2D eigenvalue weighted by atomic mass is 16.6. The molecule has 0 radical (unpaired) electrons. The normalized spacial score (nSPS) is 19.9. The first kappa shape index (κ1) is 49.2. The first-order valence-corrected chi connectivity index (χ1v) is 23.0. The van der Waals surface area contributed by atoms with Crippen molar-refractivity contribution in [3.8, 4) is 23.3 Å². The molecule has 11 heteroatoms. The number of carbonyl (C=O) groups is 1. The predicted octanol–water partition coefficient (Wildman–Crippen LogP) is 10.5. The van der Waals surface area contributed by atoms with Gasteiger partial charge in [-0.3, -0.25) is 19.8 Å². The molecular weight excluding hydrogens is 767 g/mol. The minimum absolute atomic E-state index is 0.0970. The van der Waals surface area contributed by atoms with Crippen LogP contribution in [-0.2, 0) is 0 Å². The molecule has 3 aliphatic heterocycles. The molecule has 3 aliphatic rings. The Hall–Kier alpha value is -4.50. The molecule has 3 heterocycles. The van der Waals surface area contributed by atoms with E-state index in [1.807, 2.05) is 43.3 Å². The Morgan fingerprint density at radius 1 is 0.672 bits per heavy atom. The summed E-state index contributed by atoms with van der Waals surface area (Å²) in [4.78, 5) is 29.3. The zero-order valence-corrected chi connectivity index (χ0v) is 37.8. The molecule has 0 N–H and O–H groups in total. The average molecular weight is 840 g/mol. The molecule has 6 rings (SSSR count). The van der Waals surface area contributed by atoms with Gasteiger partial charge in [-0.05, 0) is 164 Å². The summed E-state index contributed by atoms with van der Waals surface area (Å²) in [7, 11) is 0. The van der Waals surface area contributed by atoms with Crippen molar-refractivity contribution in [1.82, 2.24) is 14.7 Å². The van der Waals surface area contributed by atoms with E-state index in [9.17, 15) is 14.9 Å². The molecule has 0 aliphatic carbocycles. The molecule has 3 aromatic rings. The fourth-order valence-electron chi connectivity index (χ4n) is 8.32. The van der Waals surface area contributed by atoms with Gasteiger partial charge in [-0.25, -0.2) is 0 Å². The van der Waals surface area contributed by atoms with Crippen LogP contribution in [-0.4, -0.2) is 103 Å². The number of hydrogen-bond donors (Lipinski definition) is 0. The van der Waals surface area contributed by atoms with E-state index in [2.05, 4.69) is 48.5 Å². The van der Waals surface area contributed by atoms with Crippen LogP contribution in [0.5, 0.6) is 17.2 Å². The molecule has 0 spiro atoms. The van der Waals surface area contributed by atoms with Gasteiger partial charge in [0, 0.05) is 62.4 Å². The fourth-order valence-corrected chi connectivity index (χ4v) is 8.32. The summed E-state index contributed by atoms with van der Waals surface area (Å²) in [6.07, 6.45) is 12.9. The number of nitro benzene ring substituents is 1. The van der Waals surface area contributed by atoms with Crippen molar-refractivity contribution >= 4 is 11.5 Å². The number of rotatable bonds is 18. The Morgan fingerprint density at radius 2 is 1.18 bits per heavy atom. The number of nitrogens with zero attached hydrogens (tertiary/aromatic N) is 5. The van der Waals surface area contributed by atoms with E-state index >= 15 is 0 Å². The van der Waals surface area contributed by atoms with Gasteiger partial charge in [0.05, 0.1) is 36.4 Å². The Kier molecular flexibility index (Phi) is 22.1. The third-order valence-corrected chi connectivity index (χ3v) is 12.1. The molecule has 0 aromatic heterocycles. The number of nitriles is 1. The number of carbonyl (C=O) groups excluding carboxylic acids is 1. The second kappa shape index (κ2) is 27.4. The van der Waals surface area contributed by atoms with Crippen LogP contribution in [0.15, 0.2) is 72.8 Å². The van der Waals surface area contributed by atoms with E-state index in [0.29, 0.717) is 36.4 Å².